The minimum absolute atomic E-state index is 0.110. The molecule has 0 radical (unpaired) electrons. The highest BCUT2D eigenvalue weighted by Gasteiger charge is 2.22. The minimum Gasteiger partial charge on any atom is -0.314 e. The molecule has 0 bridgehead atoms. The van der Waals surface area contributed by atoms with Crippen LogP contribution < -0.4 is 5.73 Å². The maximum absolute atomic E-state index is 5.93. The maximum atomic E-state index is 5.93. The van der Waals surface area contributed by atoms with Crippen LogP contribution in [0.15, 0.2) is 0 Å². The number of thioether (sulfide) groups is 1. The minimum atomic E-state index is -0.110. The second-order valence-electron chi connectivity index (χ2n) is 3.25. The molecule has 2 N–H and O–H groups in total. The molecule has 0 aromatic rings. The normalized spacial score (nSPS) is 23.1. The van der Waals surface area contributed by atoms with Crippen molar-refractivity contribution in [3.8, 4) is 0 Å². The Balaban J connectivity index is 2.39. The van der Waals surface area contributed by atoms with Gasteiger partial charge in [0.05, 0.1) is 5.66 Å². The van der Waals surface area contributed by atoms with Crippen molar-refractivity contribution in [3.63, 3.8) is 0 Å². The summed E-state index contributed by atoms with van der Waals surface area (Å²) in [6, 6.07) is 0. The second kappa shape index (κ2) is 3.11. The monoisotopic (exact) mass is 160 g/mol. The zero-order chi connectivity index (χ0) is 7.61. The first-order valence-electron chi connectivity index (χ1n) is 3.72. The molecule has 0 saturated carbocycles. The summed E-state index contributed by atoms with van der Waals surface area (Å²) < 4.78 is 0. The molecule has 1 rings (SSSR count). The van der Waals surface area contributed by atoms with Gasteiger partial charge in [-0.25, -0.2) is 0 Å². The topological polar surface area (TPSA) is 29.3 Å². The predicted molar refractivity (Wildman–Crippen MR) is 47.2 cm³/mol. The van der Waals surface area contributed by atoms with E-state index in [1.54, 1.807) is 0 Å². The van der Waals surface area contributed by atoms with E-state index in [1.165, 1.54) is 11.5 Å². The summed E-state index contributed by atoms with van der Waals surface area (Å²) in [6.45, 7) is 6.44. The van der Waals surface area contributed by atoms with E-state index in [1.807, 2.05) is 11.8 Å². The van der Waals surface area contributed by atoms with E-state index in [4.69, 9.17) is 5.73 Å². The van der Waals surface area contributed by atoms with Crippen molar-refractivity contribution in [1.82, 2.24) is 4.90 Å². The largest absolute Gasteiger partial charge is 0.314 e. The van der Waals surface area contributed by atoms with Gasteiger partial charge >= 0.3 is 0 Å². The average Bonchev–Trinajstić information content (AvgIpc) is 1.88. The summed E-state index contributed by atoms with van der Waals surface area (Å²) in [5.74, 6) is 2.47. The van der Waals surface area contributed by atoms with Crippen LogP contribution in [0.3, 0.4) is 0 Å². The second-order valence-corrected chi connectivity index (χ2v) is 4.48. The molecule has 0 unspecified atom stereocenters. The fraction of sp³-hybridized carbons (Fsp3) is 1.00. The van der Waals surface area contributed by atoms with Gasteiger partial charge < -0.3 is 5.73 Å². The average molecular weight is 160 g/mol. The van der Waals surface area contributed by atoms with Gasteiger partial charge in [-0.3, -0.25) is 4.90 Å². The van der Waals surface area contributed by atoms with Gasteiger partial charge in [0.15, 0.2) is 0 Å². The molecule has 0 aliphatic carbocycles. The number of hydrogen-bond acceptors (Lipinski definition) is 3. The SMILES string of the molecule is CC(C)(N)N1CCSCC1. The van der Waals surface area contributed by atoms with E-state index in [-0.39, 0.29) is 5.66 Å². The van der Waals surface area contributed by atoms with Gasteiger partial charge in [-0.05, 0) is 13.8 Å². The Bertz CT molecular complexity index is 103. The summed E-state index contributed by atoms with van der Waals surface area (Å²) in [5.41, 5.74) is 5.82. The van der Waals surface area contributed by atoms with Gasteiger partial charge in [-0.2, -0.15) is 11.8 Å². The van der Waals surface area contributed by atoms with Crippen molar-refractivity contribution in [2.75, 3.05) is 24.6 Å². The van der Waals surface area contributed by atoms with E-state index in [9.17, 15) is 0 Å². The fourth-order valence-electron chi connectivity index (χ4n) is 1.14. The molecule has 2 nitrogen and oxygen atoms in total. The molecular weight excluding hydrogens is 144 g/mol. The molecule has 1 aliphatic rings. The number of nitrogens with zero attached hydrogens (tertiary/aromatic N) is 1. The lowest BCUT2D eigenvalue weighted by molar-refractivity contribution is 0.141. The lowest BCUT2D eigenvalue weighted by Crippen LogP contribution is -2.54. The smallest absolute Gasteiger partial charge is 0.0629 e. The van der Waals surface area contributed by atoms with Crippen LogP contribution in [0.5, 0.6) is 0 Å². The van der Waals surface area contributed by atoms with Crippen LogP contribution in [0.4, 0.5) is 0 Å². The standard InChI is InChI=1S/C7H16N2S/c1-7(2,8)9-3-5-10-6-4-9/h3-6,8H2,1-2H3. The van der Waals surface area contributed by atoms with Crippen molar-refractivity contribution >= 4 is 11.8 Å². The molecule has 0 aromatic heterocycles. The van der Waals surface area contributed by atoms with Crippen molar-refractivity contribution in [1.29, 1.82) is 0 Å². The Hall–Kier alpha value is 0.270. The highest BCUT2D eigenvalue weighted by Crippen LogP contribution is 2.15. The Labute approximate surface area is 67.1 Å². The Morgan fingerprint density at radius 2 is 1.80 bits per heavy atom. The van der Waals surface area contributed by atoms with Crippen molar-refractivity contribution in [2.45, 2.75) is 19.5 Å². The van der Waals surface area contributed by atoms with Crippen LogP contribution >= 0.6 is 11.8 Å². The van der Waals surface area contributed by atoms with Crippen LogP contribution in [0.2, 0.25) is 0 Å². The summed E-state index contributed by atoms with van der Waals surface area (Å²) in [4.78, 5) is 2.34. The third-order valence-electron chi connectivity index (χ3n) is 1.83. The summed E-state index contributed by atoms with van der Waals surface area (Å²) in [7, 11) is 0. The Morgan fingerprint density at radius 3 is 2.10 bits per heavy atom. The highest BCUT2D eigenvalue weighted by molar-refractivity contribution is 7.99. The highest BCUT2D eigenvalue weighted by atomic mass is 32.2. The van der Waals surface area contributed by atoms with E-state index in [2.05, 4.69) is 18.7 Å². The van der Waals surface area contributed by atoms with Crippen molar-refractivity contribution in [2.24, 2.45) is 5.73 Å². The zero-order valence-electron chi connectivity index (χ0n) is 6.76. The number of rotatable bonds is 1. The molecular formula is C7H16N2S. The van der Waals surface area contributed by atoms with E-state index < -0.39 is 0 Å². The molecule has 1 saturated heterocycles. The fourth-order valence-corrected chi connectivity index (χ4v) is 2.04. The molecule has 0 aromatic carbocycles. The lowest BCUT2D eigenvalue weighted by Gasteiger charge is -2.37. The molecule has 0 atom stereocenters. The molecule has 1 fully saturated rings. The predicted octanol–water partition coefficient (Wildman–Crippen LogP) is 0.730. The molecule has 0 spiro atoms. The van der Waals surface area contributed by atoms with Crippen LogP contribution in [-0.4, -0.2) is 35.2 Å². The van der Waals surface area contributed by atoms with Gasteiger partial charge in [0.1, 0.15) is 0 Å². The van der Waals surface area contributed by atoms with Crippen LogP contribution in [0.25, 0.3) is 0 Å². The summed E-state index contributed by atoms with van der Waals surface area (Å²) in [6.07, 6.45) is 0. The number of nitrogens with two attached hydrogens (primary N) is 1. The third-order valence-corrected chi connectivity index (χ3v) is 2.77. The first kappa shape index (κ1) is 8.37. The quantitative estimate of drug-likeness (QED) is 0.613. The van der Waals surface area contributed by atoms with Gasteiger partial charge in [-0.15, -0.1) is 0 Å². The zero-order valence-corrected chi connectivity index (χ0v) is 7.58. The molecule has 1 heterocycles. The summed E-state index contributed by atoms with van der Waals surface area (Å²) in [5, 5.41) is 0. The van der Waals surface area contributed by atoms with Crippen LogP contribution in [-0.2, 0) is 0 Å². The molecule has 0 amide bonds. The van der Waals surface area contributed by atoms with E-state index >= 15 is 0 Å². The van der Waals surface area contributed by atoms with E-state index in [0.717, 1.165) is 13.1 Å². The molecule has 3 heteroatoms. The van der Waals surface area contributed by atoms with Crippen LogP contribution in [0.1, 0.15) is 13.8 Å². The van der Waals surface area contributed by atoms with Gasteiger partial charge in [0, 0.05) is 24.6 Å². The molecule has 1 aliphatic heterocycles. The third kappa shape index (κ3) is 2.15. The van der Waals surface area contributed by atoms with E-state index in [0.29, 0.717) is 0 Å². The maximum Gasteiger partial charge on any atom is 0.0629 e. The Kier molecular flexibility index (Phi) is 2.61. The van der Waals surface area contributed by atoms with Crippen molar-refractivity contribution in [3.05, 3.63) is 0 Å². The van der Waals surface area contributed by atoms with Crippen molar-refractivity contribution < 1.29 is 0 Å². The van der Waals surface area contributed by atoms with Crippen LogP contribution in [0, 0.1) is 0 Å². The van der Waals surface area contributed by atoms with Gasteiger partial charge in [-0.1, -0.05) is 0 Å². The molecule has 60 valence electrons. The van der Waals surface area contributed by atoms with Gasteiger partial charge in [0.2, 0.25) is 0 Å². The number of hydrogen-bond donors (Lipinski definition) is 1. The summed E-state index contributed by atoms with van der Waals surface area (Å²) >= 11 is 2.02. The molecule has 10 heavy (non-hydrogen) atoms. The first-order valence-corrected chi connectivity index (χ1v) is 4.88. The van der Waals surface area contributed by atoms with Gasteiger partial charge in [0.25, 0.3) is 0 Å². The Morgan fingerprint density at radius 1 is 1.30 bits per heavy atom. The lowest BCUT2D eigenvalue weighted by atomic mass is 10.2. The first-order chi connectivity index (χ1) is 4.61.